The maximum absolute atomic E-state index is 11.9. The number of ether oxygens (including phenoxy) is 1. The molecule has 0 saturated carbocycles. The number of amides is 1. The largest absolute Gasteiger partial charge is 0.383 e. The molecule has 2 heterocycles. The van der Waals surface area contributed by atoms with Crippen molar-refractivity contribution < 1.29 is 9.53 Å². The molecule has 0 spiro atoms. The molecule has 6 heteroatoms. The quantitative estimate of drug-likeness (QED) is 0.851. The molecule has 2 unspecified atom stereocenters. The highest BCUT2D eigenvalue weighted by Gasteiger charge is 2.26. The number of nitrogens with two attached hydrogens (primary N) is 1. The number of methoxy groups -OCH3 is 1. The Morgan fingerprint density at radius 3 is 2.95 bits per heavy atom. The minimum absolute atomic E-state index is 0.0455. The third-order valence-electron chi connectivity index (χ3n) is 3.79. The predicted molar refractivity (Wildman–Crippen MR) is 81.0 cm³/mol. The first-order valence-electron chi connectivity index (χ1n) is 7.42. The van der Waals surface area contributed by atoms with E-state index in [1.807, 2.05) is 0 Å². The van der Waals surface area contributed by atoms with Gasteiger partial charge in [-0.1, -0.05) is 20.8 Å². The standard InChI is InChI=1S/C15H26N4O2/c1-15(2,3)12-8-19-7-10(5-6-13(19)18-12)17-14(20)11(16)9-21-4/h8,10-11H,5-7,9,16H2,1-4H3,(H,17,20). The van der Waals surface area contributed by atoms with Crippen LogP contribution in [0, 0.1) is 0 Å². The first-order valence-corrected chi connectivity index (χ1v) is 7.42. The molecule has 21 heavy (non-hydrogen) atoms. The molecule has 3 N–H and O–H groups in total. The first-order chi connectivity index (χ1) is 9.81. The second-order valence-electron chi connectivity index (χ2n) is 6.75. The number of aryl methyl sites for hydroxylation is 1. The van der Waals surface area contributed by atoms with Gasteiger partial charge in [0, 0.05) is 37.7 Å². The summed E-state index contributed by atoms with van der Waals surface area (Å²) in [5.41, 5.74) is 6.89. The van der Waals surface area contributed by atoms with E-state index in [2.05, 4.69) is 36.9 Å². The minimum atomic E-state index is -0.607. The van der Waals surface area contributed by atoms with Crippen molar-refractivity contribution in [1.29, 1.82) is 0 Å². The Hall–Kier alpha value is -1.40. The number of hydrogen-bond acceptors (Lipinski definition) is 4. The summed E-state index contributed by atoms with van der Waals surface area (Å²) in [6.07, 6.45) is 3.87. The molecule has 0 aromatic carbocycles. The van der Waals surface area contributed by atoms with Gasteiger partial charge in [0.25, 0.3) is 0 Å². The van der Waals surface area contributed by atoms with Crippen LogP contribution in [-0.4, -0.2) is 41.3 Å². The molecule has 0 aliphatic carbocycles. The van der Waals surface area contributed by atoms with Crippen LogP contribution in [0.15, 0.2) is 6.20 Å². The Balaban J connectivity index is 1.99. The van der Waals surface area contributed by atoms with E-state index in [1.165, 1.54) is 0 Å². The highest BCUT2D eigenvalue weighted by molar-refractivity contribution is 5.81. The van der Waals surface area contributed by atoms with E-state index >= 15 is 0 Å². The lowest BCUT2D eigenvalue weighted by Crippen LogP contribution is -2.49. The van der Waals surface area contributed by atoms with E-state index in [-0.39, 0.29) is 24.0 Å². The van der Waals surface area contributed by atoms with Crippen molar-refractivity contribution in [2.75, 3.05) is 13.7 Å². The van der Waals surface area contributed by atoms with Crippen molar-refractivity contribution in [2.45, 2.75) is 57.7 Å². The van der Waals surface area contributed by atoms with Crippen LogP contribution in [0.5, 0.6) is 0 Å². The van der Waals surface area contributed by atoms with Crippen molar-refractivity contribution in [2.24, 2.45) is 5.73 Å². The monoisotopic (exact) mass is 294 g/mol. The molecule has 2 rings (SSSR count). The number of imidazole rings is 1. The van der Waals surface area contributed by atoms with Gasteiger partial charge in [-0.05, 0) is 6.42 Å². The highest BCUT2D eigenvalue weighted by Crippen LogP contribution is 2.24. The molecule has 1 amide bonds. The van der Waals surface area contributed by atoms with Gasteiger partial charge in [-0.15, -0.1) is 0 Å². The molecule has 118 valence electrons. The Labute approximate surface area is 126 Å². The summed E-state index contributed by atoms with van der Waals surface area (Å²) < 4.78 is 7.06. The predicted octanol–water partition coefficient (Wildman–Crippen LogP) is 0.585. The zero-order valence-corrected chi connectivity index (χ0v) is 13.3. The molecular formula is C15H26N4O2. The molecule has 1 aliphatic heterocycles. The molecule has 1 aromatic rings. The average Bonchev–Trinajstić information content (AvgIpc) is 2.82. The summed E-state index contributed by atoms with van der Waals surface area (Å²) in [4.78, 5) is 16.6. The second-order valence-corrected chi connectivity index (χ2v) is 6.75. The third kappa shape index (κ3) is 3.83. The van der Waals surface area contributed by atoms with Gasteiger partial charge in [0.05, 0.1) is 12.3 Å². The number of nitrogens with one attached hydrogen (secondary N) is 1. The van der Waals surface area contributed by atoms with Gasteiger partial charge in [0.1, 0.15) is 11.9 Å². The van der Waals surface area contributed by atoms with Crippen LogP contribution in [0.25, 0.3) is 0 Å². The SMILES string of the molecule is COCC(N)C(=O)NC1CCc2nc(C(C)(C)C)cn2C1. The van der Waals surface area contributed by atoms with Crippen LogP contribution in [0.3, 0.4) is 0 Å². The maximum atomic E-state index is 11.9. The van der Waals surface area contributed by atoms with Gasteiger partial charge in [-0.2, -0.15) is 0 Å². The lowest BCUT2D eigenvalue weighted by molar-refractivity contribution is -0.124. The average molecular weight is 294 g/mol. The molecular weight excluding hydrogens is 268 g/mol. The molecule has 6 nitrogen and oxygen atoms in total. The van der Waals surface area contributed by atoms with Crippen molar-refractivity contribution in [1.82, 2.24) is 14.9 Å². The number of nitrogens with zero attached hydrogens (tertiary/aromatic N) is 2. The van der Waals surface area contributed by atoms with Gasteiger partial charge in [-0.25, -0.2) is 4.98 Å². The van der Waals surface area contributed by atoms with Gasteiger partial charge >= 0.3 is 0 Å². The fraction of sp³-hybridized carbons (Fsp3) is 0.733. The molecule has 0 saturated heterocycles. The number of rotatable bonds is 4. The van der Waals surface area contributed by atoms with Crippen LogP contribution in [0.4, 0.5) is 0 Å². The topological polar surface area (TPSA) is 82.2 Å². The zero-order chi connectivity index (χ0) is 15.6. The fourth-order valence-corrected chi connectivity index (χ4v) is 2.49. The van der Waals surface area contributed by atoms with Crippen molar-refractivity contribution in [3.63, 3.8) is 0 Å². The van der Waals surface area contributed by atoms with E-state index in [4.69, 9.17) is 15.5 Å². The number of fused-ring (bicyclic) bond motifs is 1. The van der Waals surface area contributed by atoms with Crippen molar-refractivity contribution in [3.05, 3.63) is 17.7 Å². The van der Waals surface area contributed by atoms with Gasteiger partial charge in [0.15, 0.2) is 0 Å². The molecule has 1 aromatic heterocycles. The molecule has 0 fully saturated rings. The third-order valence-corrected chi connectivity index (χ3v) is 3.79. The molecule has 2 atom stereocenters. The van der Waals surface area contributed by atoms with Crippen LogP contribution < -0.4 is 11.1 Å². The maximum Gasteiger partial charge on any atom is 0.239 e. The normalized spacial score (nSPS) is 20.0. The van der Waals surface area contributed by atoms with Gasteiger partial charge in [0.2, 0.25) is 5.91 Å². The van der Waals surface area contributed by atoms with E-state index < -0.39 is 6.04 Å². The molecule has 0 bridgehead atoms. The number of carbonyl (C=O) groups excluding carboxylic acids is 1. The van der Waals surface area contributed by atoms with Crippen LogP contribution in [0.1, 0.15) is 38.7 Å². The number of carbonyl (C=O) groups is 1. The molecule has 0 radical (unpaired) electrons. The first kappa shape index (κ1) is 16.0. The smallest absolute Gasteiger partial charge is 0.239 e. The zero-order valence-electron chi connectivity index (χ0n) is 13.3. The molecule has 1 aliphatic rings. The van der Waals surface area contributed by atoms with Crippen molar-refractivity contribution >= 4 is 5.91 Å². The summed E-state index contributed by atoms with van der Waals surface area (Å²) >= 11 is 0. The second kappa shape index (κ2) is 6.15. The van der Waals surface area contributed by atoms with Crippen LogP contribution >= 0.6 is 0 Å². The van der Waals surface area contributed by atoms with E-state index in [0.29, 0.717) is 0 Å². The fourth-order valence-electron chi connectivity index (χ4n) is 2.49. The summed E-state index contributed by atoms with van der Waals surface area (Å²) in [5.74, 6) is 0.952. The number of hydrogen-bond donors (Lipinski definition) is 2. The highest BCUT2D eigenvalue weighted by atomic mass is 16.5. The van der Waals surface area contributed by atoms with Gasteiger partial charge in [-0.3, -0.25) is 4.79 Å². The van der Waals surface area contributed by atoms with Crippen molar-refractivity contribution in [3.8, 4) is 0 Å². The summed E-state index contributed by atoms with van der Waals surface area (Å²) in [6, 6.07) is -0.501. The summed E-state index contributed by atoms with van der Waals surface area (Å²) in [5, 5.41) is 3.00. The number of aromatic nitrogens is 2. The Kier molecular flexibility index (Phi) is 4.68. The van der Waals surface area contributed by atoms with Gasteiger partial charge < -0.3 is 20.4 Å². The summed E-state index contributed by atoms with van der Waals surface area (Å²) in [7, 11) is 1.54. The van der Waals surface area contributed by atoms with E-state index in [1.54, 1.807) is 7.11 Å². The van der Waals surface area contributed by atoms with Crippen LogP contribution in [-0.2, 0) is 27.9 Å². The Morgan fingerprint density at radius 1 is 1.62 bits per heavy atom. The lowest BCUT2D eigenvalue weighted by atomic mass is 9.93. The Morgan fingerprint density at radius 2 is 2.33 bits per heavy atom. The lowest BCUT2D eigenvalue weighted by Gasteiger charge is -2.25. The summed E-state index contributed by atoms with van der Waals surface area (Å²) in [6.45, 7) is 7.46. The Bertz CT molecular complexity index is 504. The van der Waals surface area contributed by atoms with E-state index in [9.17, 15) is 4.79 Å². The van der Waals surface area contributed by atoms with E-state index in [0.717, 1.165) is 30.9 Å². The van der Waals surface area contributed by atoms with Crippen LogP contribution in [0.2, 0.25) is 0 Å². The minimum Gasteiger partial charge on any atom is -0.383 e.